The van der Waals surface area contributed by atoms with Crippen LogP contribution in [0.1, 0.15) is 35.5 Å². The maximum atomic E-state index is 13.3. The zero-order chi connectivity index (χ0) is 22.7. The largest absolute Gasteiger partial charge is 0.497 e. The van der Waals surface area contributed by atoms with E-state index < -0.39 is 12.6 Å². The predicted molar refractivity (Wildman–Crippen MR) is 111 cm³/mol. The van der Waals surface area contributed by atoms with Crippen molar-refractivity contribution in [3.63, 3.8) is 0 Å². The molecule has 0 saturated heterocycles. The Balaban J connectivity index is 2.06. The number of benzene rings is 2. The third-order valence-corrected chi connectivity index (χ3v) is 4.76. The van der Waals surface area contributed by atoms with Crippen molar-refractivity contribution in [1.82, 2.24) is 4.57 Å². The van der Waals surface area contributed by atoms with Crippen LogP contribution in [-0.2, 0) is 16.0 Å². The lowest BCUT2D eigenvalue weighted by molar-refractivity contribution is -0.146. The molecule has 164 valence electrons. The second-order valence-electron chi connectivity index (χ2n) is 7.21. The molecule has 0 N–H and O–H groups in total. The molecule has 0 radical (unpaired) electrons. The van der Waals surface area contributed by atoms with Crippen molar-refractivity contribution in [2.75, 3.05) is 7.11 Å². The number of rotatable bonds is 7. The Morgan fingerprint density at radius 1 is 1.03 bits per heavy atom. The average molecular weight is 431 g/mol. The summed E-state index contributed by atoms with van der Waals surface area (Å²) in [6.45, 7) is 2.33. The number of fused-ring (bicyclic) bond motifs is 1. The minimum atomic E-state index is -2.94. The van der Waals surface area contributed by atoms with Crippen molar-refractivity contribution in [2.24, 2.45) is 0 Å². The van der Waals surface area contributed by atoms with E-state index in [9.17, 15) is 18.4 Å². The van der Waals surface area contributed by atoms with Gasteiger partial charge in [0.25, 0.3) is 5.91 Å². The summed E-state index contributed by atoms with van der Waals surface area (Å²) in [4.78, 5) is 25.6. The zero-order valence-electron chi connectivity index (χ0n) is 17.6. The Kier molecular flexibility index (Phi) is 6.58. The van der Waals surface area contributed by atoms with Crippen molar-refractivity contribution in [3.8, 4) is 11.5 Å². The van der Waals surface area contributed by atoms with Gasteiger partial charge in [0.15, 0.2) is 0 Å². The molecule has 0 unspecified atom stereocenters. The van der Waals surface area contributed by atoms with Gasteiger partial charge in [-0.15, -0.1) is 0 Å². The Bertz CT molecular complexity index is 1100. The number of ether oxygens (including phenoxy) is 3. The summed E-state index contributed by atoms with van der Waals surface area (Å²) in [5.74, 6) is -0.216. The Morgan fingerprint density at radius 2 is 1.68 bits per heavy atom. The van der Waals surface area contributed by atoms with Crippen molar-refractivity contribution < 1.29 is 32.6 Å². The van der Waals surface area contributed by atoms with E-state index in [0.29, 0.717) is 27.9 Å². The maximum absolute atomic E-state index is 13.3. The first-order valence-electron chi connectivity index (χ1n) is 9.68. The maximum Gasteiger partial charge on any atom is 0.387 e. The van der Waals surface area contributed by atoms with Crippen LogP contribution >= 0.6 is 0 Å². The minimum Gasteiger partial charge on any atom is -0.497 e. The molecule has 0 aliphatic carbocycles. The fourth-order valence-corrected chi connectivity index (χ4v) is 3.43. The van der Waals surface area contributed by atoms with Crippen LogP contribution in [0.15, 0.2) is 42.5 Å². The summed E-state index contributed by atoms with van der Waals surface area (Å²) < 4.78 is 41.2. The molecule has 0 aliphatic rings. The number of nitrogens with zero attached hydrogens (tertiary/aromatic N) is 1. The Hall–Kier alpha value is -3.42. The predicted octanol–water partition coefficient (Wildman–Crippen LogP) is 4.74. The lowest BCUT2D eigenvalue weighted by Gasteiger charge is -2.10. The van der Waals surface area contributed by atoms with Crippen LogP contribution in [0.2, 0.25) is 0 Å². The molecule has 1 aromatic heterocycles. The second-order valence-corrected chi connectivity index (χ2v) is 7.21. The third-order valence-electron chi connectivity index (χ3n) is 4.76. The number of hydrogen-bond donors (Lipinski definition) is 0. The van der Waals surface area contributed by atoms with Crippen LogP contribution in [0.3, 0.4) is 0 Å². The highest BCUT2D eigenvalue weighted by Crippen LogP contribution is 2.31. The number of carbonyl (C=O) groups is 2. The first-order valence-corrected chi connectivity index (χ1v) is 9.68. The van der Waals surface area contributed by atoms with Gasteiger partial charge in [0, 0.05) is 16.6 Å². The molecular formula is C23H23F2NO5. The standard InChI is InChI=1S/C23H23F2NO5/c1-13(2)30-21(27)12-18-14(3)26(20-10-9-17(29-4)11-19(18)20)22(28)15-5-7-16(8-6-15)31-23(24)25/h5-11,13,23H,12H2,1-4H3. The number of alkyl halides is 2. The first kappa shape index (κ1) is 22.3. The van der Waals surface area contributed by atoms with Crippen molar-refractivity contribution >= 4 is 22.8 Å². The molecule has 0 spiro atoms. The highest BCUT2D eigenvalue weighted by Gasteiger charge is 2.23. The van der Waals surface area contributed by atoms with E-state index in [2.05, 4.69) is 4.74 Å². The van der Waals surface area contributed by atoms with Gasteiger partial charge in [0.1, 0.15) is 11.5 Å². The van der Waals surface area contributed by atoms with Gasteiger partial charge in [0.05, 0.1) is 25.2 Å². The van der Waals surface area contributed by atoms with Crippen LogP contribution in [-0.4, -0.2) is 36.3 Å². The molecule has 0 aliphatic heterocycles. The molecule has 1 heterocycles. The van der Waals surface area contributed by atoms with Gasteiger partial charge in [0.2, 0.25) is 0 Å². The molecule has 3 aromatic rings. The molecule has 2 aromatic carbocycles. The second kappa shape index (κ2) is 9.16. The molecule has 6 nitrogen and oxygen atoms in total. The molecule has 0 bridgehead atoms. The van der Waals surface area contributed by atoms with Gasteiger partial charge in [-0.25, -0.2) is 0 Å². The Morgan fingerprint density at radius 3 is 2.26 bits per heavy atom. The number of hydrogen-bond acceptors (Lipinski definition) is 5. The normalized spacial score (nSPS) is 11.2. The lowest BCUT2D eigenvalue weighted by atomic mass is 10.1. The van der Waals surface area contributed by atoms with Gasteiger partial charge in [-0.05, 0) is 68.8 Å². The van der Waals surface area contributed by atoms with Gasteiger partial charge in [-0.1, -0.05) is 0 Å². The summed E-state index contributed by atoms with van der Waals surface area (Å²) in [6, 6.07) is 10.7. The summed E-state index contributed by atoms with van der Waals surface area (Å²) in [5, 5.41) is 0.698. The van der Waals surface area contributed by atoms with Crippen LogP contribution in [0, 0.1) is 6.92 Å². The smallest absolute Gasteiger partial charge is 0.387 e. The highest BCUT2D eigenvalue weighted by atomic mass is 19.3. The van der Waals surface area contributed by atoms with Crippen LogP contribution in [0.5, 0.6) is 11.5 Å². The molecule has 8 heteroatoms. The summed E-state index contributed by atoms with van der Waals surface area (Å²) in [7, 11) is 1.53. The monoisotopic (exact) mass is 431 g/mol. The quantitative estimate of drug-likeness (QED) is 0.506. The third kappa shape index (κ3) is 4.84. The van der Waals surface area contributed by atoms with Crippen LogP contribution in [0.4, 0.5) is 8.78 Å². The van der Waals surface area contributed by atoms with Crippen molar-refractivity contribution in [2.45, 2.75) is 39.9 Å². The fourth-order valence-electron chi connectivity index (χ4n) is 3.43. The fraction of sp³-hybridized carbons (Fsp3) is 0.304. The first-order chi connectivity index (χ1) is 14.7. The summed E-state index contributed by atoms with van der Waals surface area (Å²) >= 11 is 0. The van der Waals surface area contributed by atoms with E-state index in [1.165, 1.54) is 35.9 Å². The molecule has 0 fully saturated rings. The Labute approximate surface area is 178 Å². The average Bonchev–Trinajstić information content (AvgIpc) is 2.97. The molecule has 31 heavy (non-hydrogen) atoms. The van der Waals surface area contributed by atoms with Gasteiger partial charge >= 0.3 is 12.6 Å². The molecule has 0 atom stereocenters. The topological polar surface area (TPSA) is 66.8 Å². The van der Waals surface area contributed by atoms with Crippen LogP contribution in [0.25, 0.3) is 10.9 Å². The SMILES string of the molecule is COc1ccc2c(c1)c(CC(=O)OC(C)C)c(C)n2C(=O)c1ccc(OC(F)F)cc1. The zero-order valence-corrected chi connectivity index (χ0v) is 17.6. The molecule has 0 amide bonds. The molecule has 3 rings (SSSR count). The van der Waals surface area contributed by atoms with Crippen molar-refractivity contribution in [1.29, 1.82) is 0 Å². The number of methoxy groups -OCH3 is 1. The summed E-state index contributed by atoms with van der Waals surface area (Å²) in [5.41, 5.74) is 2.13. The number of carbonyl (C=O) groups excluding carboxylic acids is 2. The van der Waals surface area contributed by atoms with Gasteiger partial charge < -0.3 is 14.2 Å². The number of esters is 1. The molecular weight excluding hydrogens is 408 g/mol. The minimum absolute atomic E-state index is 0.00483. The van der Waals surface area contributed by atoms with E-state index in [0.717, 1.165) is 0 Å². The van der Waals surface area contributed by atoms with E-state index in [1.54, 1.807) is 39.0 Å². The van der Waals surface area contributed by atoms with E-state index in [4.69, 9.17) is 9.47 Å². The molecule has 0 saturated carbocycles. The highest BCUT2D eigenvalue weighted by molar-refractivity contribution is 6.05. The van der Waals surface area contributed by atoms with E-state index in [-0.39, 0.29) is 29.7 Å². The van der Waals surface area contributed by atoms with Gasteiger partial charge in [-0.3, -0.25) is 14.2 Å². The van der Waals surface area contributed by atoms with Crippen LogP contribution < -0.4 is 9.47 Å². The number of aromatic nitrogens is 1. The number of halogens is 2. The summed E-state index contributed by atoms with van der Waals surface area (Å²) in [6.07, 6.45) is -0.263. The van der Waals surface area contributed by atoms with E-state index >= 15 is 0 Å². The lowest BCUT2D eigenvalue weighted by Crippen LogP contribution is -2.16. The van der Waals surface area contributed by atoms with Crippen molar-refractivity contribution in [3.05, 3.63) is 59.3 Å². The van der Waals surface area contributed by atoms with E-state index in [1.807, 2.05) is 0 Å². The van der Waals surface area contributed by atoms with Gasteiger partial charge in [-0.2, -0.15) is 8.78 Å².